The number of hydrogen-bond donors (Lipinski definition) is 2. The second-order valence-corrected chi connectivity index (χ2v) is 6.60. The first-order valence-corrected chi connectivity index (χ1v) is 7.88. The molecule has 1 saturated heterocycles. The number of nitrogens with one attached hydrogen (secondary N) is 1. The van der Waals surface area contributed by atoms with E-state index in [1.165, 1.54) is 10.6 Å². The van der Waals surface area contributed by atoms with Crippen molar-refractivity contribution in [2.45, 2.75) is 25.8 Å². The molecular formula is C12H18N2O5S. The first-order chi connectivity index (χ1) is 9.40. The normalized spacial score (nSPS) is 22.6. The zero-order valence-corrected chi connectivity index (χ0v) is 12.0. The molecule has 20 heavy (non-hydrogen) atoms. The summed E-state index contributed by atoms with van der Waals surface area (Å²) in [6.07, 6.45) is 2.53. The third-order valence-corrected chi connectivity index (χ3v) is 5.03. The first kappa shape index (κ1) is 15.0. The number of carboxylic acids is 1. The fourth-order valence-corrected chi connectivity index (χ4v) is 3.71. The lowest BCUT2D eigenvalue weighted by Crippen LogP contribution is -2.47. The fourth-order valence-electron chi connectivity index (χ4n) is 2.26. The van der Waals surface area contributed by atoms with Gasteiger partial charge in [0.2, 0.25) is 0 Å². The van der Waals surface area contributed by atoms with Crippen LogP contribution in [0.5, 0.6) is 0 Å². The topological polar surface area (TPSA) is 99.9 Å². The van der Waals surface area contributed by atoms with Gasteiger partial charge in [-0.05, 0) is 31.9 Å². The van der Waals surface area contributed by atoms with Crippen LogP contribution in [0.25, 0.3) is 0 Å². The largest absolute Gasteiger partial charge is 0.481 e. The Morgan fingerprint density at radius 3 is 2.95 bits per heavy atom. The average Bonchev–Trinajstić information content (AvgIpc) is 2.92. The van der Waals surface area contributed by atoms with Crippen LogP contribution in [0.15, 0.2) is 22.8 Å². The van der Waals surface area contributed by atoms with Crippen molar-refractivity contribution in [2.75, 3.05) is 13.1 Å². The van der Waals surface area contributed by atoms with E-state index >= 15 is 0 Å². The van der Waals surface area contributed by atoms with Crippen molar-refractivity contribution >= 4 is 16.2 Å². The van der Waals surface area contributed by atoms with Crippen molar-refractivity contribution in [2.24, 2.45) is 5.92 Å². The summed E-state index contributed by atoms with van der Waals surface area (Å²) in [6.45, 7) is 2.02. The molecule has 1 fully saturated rings. The molecule has 2 N–H and O–H groups in total. The molecular weight excluding hydrogens is 284 g/mol. The quantitative estimate of drug-likeness (QED) is 0.844. The summed E-state index contributed by atoms with van der Waals surface area (Å²) in [5, 5.41) is 9.00. The van der Waals surface area contributed by atoms with Gasteiger partial charge in [-0.2, -0.15) is 17.4 Å². The summed E-state index contributed by atoms with van der Waals surface area (Å²) >= 11 is 0. The van der Waals surface area contributed by atoms with Gasteiger partial charge in [0.25, 0.3) is 10.2 Å². The summed E-state index contributed by atoms with van der Waals surface area (Å²) in [7, 11) is -3.72. The molecule has 2 rings (SSSR count). The lowest BCUT2D eigenvalue weighted by atomic mass is 10.0. The second kappa shape index (κ2) is 5.94. The zero-order chi connectivity index (χ0) is 14.8. The number of furan rings is 1. The lowest BCUT2D eigenvalue weighted by Gasteiger charge is -2.30. The number of carbonyl (C=O) groups is 1. The zero-order valence-electron chi connectivity index (χ0n) is 11.2. The Morgan fingerprint density at radius 1 is 1.60 bits per heavy atom. The van der Waals surface area contributed by atoms with Gasteiger partial charge >= 0.3 is 5.97 Å². The van der Waals surface area contributed by atoms with Crippen LogP contribution in [0.4, 0.5) is 0 Å². The number of carboxylic acid groups (broad SMARTS) is 1. The minimum atomic E-state index is -3.72. The van der Waals surface area contributed by atoms with Crippen LogP contribution >= 0.6 is 0 Å². The monoisotopic (exact) mass is 302 g/mol. The van der Waals surface area contributed by atoms with Crippen LogP contribution in [-0.2, 0) is 15.0 Å². The summed E-state index contributed by atoms with van der Waals surface area (Å²) in [5.41, 5.74) is 0. The SMILES string of the molecule is C[C@H](NS(=O)(=O)N1CCCC(C(=O)O)C1)c1ccco1. The molecule has 0 bridgehead atoms. The van der Waals surface area contributed by atoms with Crippen molar-refractivity contribution in [1.29, 1.82) is 0 Å². The number of nitrogens with zero attached hydrogens (tertiary/aromatic N) is 1. The van der Waals surface area contributed by atoms with E-state index in [2.05, 4.69) is 4.72 Å². The van der Waals surface area contributed by atoms with Gasteiger partial charge < -0.3 is 9.52 Å². The molecule has 1 aromatic rings. The lowest BCUT2D eigenvalue weighted by molar-refractivity contribution is -0.142. The molecule has 1 unspecified atom stereocenters. The van der Waals surface area contributed by atoms with Gasteiger partial charge in [-0.1, -0.05) is 0 Å². The summed E-state index contributed by atoms with van der Waals surface area (Å²) in [4.78, 5) is 11.0. The molecule has 112 valence electrons. The minimum Gasteiger partial charge on any atom is -0.481 e. The number of hydrogen-bond acceptors (Lipinski definition) is 4. The number of rotatable bonds is 5. The van der Waals surface area contributed by atoms with Crippen LogP contribution in [0, 0.1) is 5.92 Å². The highest BCUT2D eigenvalue weighted by Crippen LogP contribution is 2.21. The molecule has 7 nitrogen and oxygen atoms in total. The maximum absolute atomic E-state index is 12.2. The van der Waals surface area contributed by atoms with E-state index in [9.17, 15) is 13.2 Å². The second-order valence-electron chi connectivity index (χ2n) is 4.90. The summed E-state index contributed by atoms with van der Waals surface area (Å²) in [6, 6.07) is 2.87. The van der Waals surface area contributed by atoms with E-state index in [4.69, 9.17) is 9.52 Å². The van der Waals surface area contributed by atoms with Crippen LogP contribution in [-0.4, -0.2) is 36.9 Å². The third kappa shape index (κ3) is 3.38. The Balaban J connectivity index is 2.04. The highest BCUT2D eigenvalue weighted by Gasteiger charge is 2.33. The maximum Gasteiger partial charge on any atom is 0.307 e. The van der Waals surface area contributed by atoms with Gasteiger partial charge in [0.1, 0.15) is 5.76 Å². The Labute approximate surface area is 117 Å². The van der Waals surface area contributed by atoms with Crippen molar-refractivity contribution in [3.63, 3.8) is 0 Å². The Bertz CT molecular complexity index is 554. The summed E-state index contributed by atoms with van der Waals surface area (Å²) in [5.74, 6) is -1.08. The molecule has 0 aromatic carbocycles. The predicted molar refractivity (Wildman–Crippen MR) is 71.1 cm³/mol. The third-order valence-electron chi connectivity index (χ3n) is 3.37. The number of aliphatic carboxylic acids is 1. The average molecular weight is 302 g/mol. The van der Waals surface area contributed by atoms with Crippen molar-refractivity contribution in [3.05, 3.63) is 24.2 Å². The molecule has 8 heteroatoms. The molecule has 0 spiro atoms. The van der Waals surface area contributed by atoms with E-state index in [1.807, 2.05) is 0 Å². The minimum absolute atomic E-state index is 0.00947. The van der Waals surface area contributed by atoms with E-state index in [1.54, 1.807) is 19.1 Å². The highest BCUT2D eigenvalue weighted by atomic mass is 32.2. The van der Waals surface area contributed by atoms with Gasteiger partial charge in [0.15, 0.2) is 0 Å². The fraction of sp³-hybridized carbons (Fsp3) is 0.583. The van der Waals surface area contributed by atoms with Gasteiger partial charge in [-0.3, -0.25) is 4.79 Å². The van der Waals surface area contributed by atoms with Crippen LogP contribution in [0.1, 0.15) is 31.6 Å². The molecule has 1 aliphatic rings. The molecule has 0 amide bonds. The molecule has 1 aromatic heterocycles. The van der Waals surface area contributed by atoms with E-state index in [0.29, 0.717) is 25.1 Å². The Kier molecular flexibility index (Phi) is 4.46. The van der Waals surface area contributed by atoms with Crippen LogP contribution < -0.4 is 4.72 Å². The molecule has 0 aliphatic carbocycles. The molecule has 0 radical (unpaired) electrons. The van der Waals surface area contributed by atoms with Gasteiger partial charge in [0, 0.05) is 13.1 Å². The van der Waals surface area contributed by atoms with E-state index < -0.39 is 28.1 Å². The van der Waals surface area contributed by atoms with E-state index in [0.717, 1.165) is 0 Å². The molecule has 0 saturated carbocycles. The highest BCUT2D eigenvalue weighted by molar-refractivity contribution is 7.87. The predicted octanol–water partition coefficient (Wildman–Crippen LogP) is 0.972. The standard InChI is InChI=1S/C12H18N2O5S/c1-9(11-5-3-7-19-11)13-20(17,18)14-6-2-4-10(8-14)12(15)16/h3,5,7,9-10,13H,2,4,6,8H2,1H3,(H,15,16)/t9-,10?/m0/s1. The number of piperidine rings is 1. The molecule has 2 heterocycles. The van der Waals surface area contributed by atoms with Gasteiger partial charge in [-0.15, -0.1) is 0 Å². The van der Waals surface area contributed by atoms with Crippen molar-refractivity contribution in [1.82, 2.24) is 9.03 Å². The Morgan fingerprint density at radius 2 is 2.35 bits per heavy atom. The maximum atomic E-state index is 12.2. The van der Waals surface area contributed by atoms with Crippen LogP contribution in [0.3, 0.4) is 0 Å². The van der Waals surface area contributed by atoms with Crippen LogP contribution in [0.2, 0.25) is 0 Å². The van der Waals surface area contributed by atoms with Crippen molar-refractivity contribution in [3.8, 4) is 0 Å². The molecule has 1 aliphatic heterocycles. The van der Waals surface area contributed by atoms with Gasteiger partial charge in [-0.25, -0.2) is 0 Å². The van der Waals surface area contributed by atoms with Gasteiger partial charge in [0.05, 0.1) is 18.2 Å². The molecule has 2 atom stereocenters. The first-order valence-electron chi connectivity index (χ1n) is 6.44. The summed E-state index contributed by atoms with van der Waals surface area (Å²) < 4.78 is 33.3. The van der Waals surface area contributed by atoms with E-state index in [-0.39, 0.29) is 6.54 Å². The Hall–Kier alpha value is -1.38. The smallest absolute Gasteiger partial charge is 0.307 e. The van der Waals surface area contributed by atoms with Crippen molar-refractivity contribution < 1.29 is 22.7 Å².